The average Bonchev–Trinajstić information content (AvgIpc) is 2.57. The molecular formula is C13H13Cl2FN2O. The first-order valence-corrected chi connectivity index (χ1v) is 6.46. The molecule has 1 heterocycles. The fourth-order valence-electron chi connectivity index (χ4n) is 2.02. The molecule has 2 aromatic rings. The van der Waals surface area contributed by atoms with Gasteiger partial charge in [-0.25, -0.2) is 4.39 Å². The highest BCUT2D eigenvalue weighted by Gasteiger charge is 2.20. The molecule has 0 radical (unpaired) electrons. The third kappa shape index (κ3) is 2.91. The molecule has 1 atom stereocenters. The second kappa shape index (κ2) is 5.49. The van der Waals surface area contributed by atoms with Gasteiger partial charge in [-0.2, -0.15) is 5.10 Å². The minimum absolute atomic E-state index is 0.120. The van der Waals surface area contributed by atoms with Gasteiger partial charge < -0.3 is 5.11 Å². The molecule has 1 unspecified atom stereocenters. The van der Waals surface area contributed by atoms with Crippen LogP contribution in [0.15, 0.2) is 18.2 Å². The van der Waals surface area contributed by atoms with Gasteiger partial charge in [0, 0.05) is 24.1 Å². The Balaban J connectivity index is 2.28. The number of rotatable bonds is 3. The third-order valence-corrected chi connectivity index (χ3v) is 3.64. The van der Waals surface area contributed by atoms with Crippen molar-refractivity contribution in [2.24, 2.45) is 7.05 Å². The lowest BCUT2D eigenvalue weighted by Crippen LogP contribution is -2.05. The first-order valence-electron chi connectivity index (χ1n) is 5.71. The Morgan fingerprint density at radius 3 is 2.63 bits per heavy atom. The molecule has 2 rings (SSSR count). The smallest absolute Gasteiger partial charge is 0.132 e. The largest absolute Gasteiger partial charge is 0.388 e. The number of aryl methyl sites for hydroxylation is 2. The van der Waals surface area contributed by atoms with E-state index < -0.39 is 11.9 Å². The highest BCUT2D eigenvalue weighted by Crippen LogP contribution is 2.29. The molecule has 102 valence electrons. The van der Waals surface area contributed by atoms with Gasteiger partial charge in [-0.05, 0) is 24.6 Å². The van der Waals surface area contributed by atoms with Gasteiger partial charge in [0.1, 0.15) is 11.0 Å². The molecule has 0 saturated carbocycles. The summed E-state index contributed by atoms with van der Waals surface area (Å²) in [4.78, 5) is 0. The second-order valence-corrected chi connectivity index (χ2v) is 5.16. The quantitative estimate of drug-likeness (QED) is 0.943. The van der Waals surface area contributed by atoms with E-state index in [4.69, 9.17) is 23.2 Å². The summed E-state index contributed by atoms with van der Waals surface area (Å²) in [6.45, 7) is 1.75. The second-order valence-electron chi connectivity index (χ2n) is 4.37. The number of aliphatic hydroxyl groups is 1. The van der Waals surface area contributed by atoms with Gasteiger partial charge in [-0.1, -0.05) is 29.3 Å². The van der Waals surface area contributed by atoms with Gasteiger partial charge in [0.2, 0.25) is 0 Å². The summed E-state index contributed by atoms with van der Waals surface area (Å²) >= 11 is 11.8. The van der Waals surface area contributed by atoms with Crippen LogP contribution in [0, 0.1) is 12.7 Å². The zero-order chi connectivity index (χ0) is 14.2. The van der Waals surface area contributed by atoms with E-state index in [1.165, 1.54) is 10.7 Å². The van der Waals surface area contributed by atoms with Crippen LogP contribution < -0.4 is 0 Å². The lowest BCUT2D eigenvalue weighted by Gasteiger charge is -2.11. The van der Waals surface area contributed by atoms with Crippen LogP contribution in [0.4, 0.5) is 4.39 Å². The molecule has 1 N–H and O–H groups in total. The summed E-state index contributed by atoms with van der Waals surface area (Å²) in [5, 5.41) is 15.0. The number of aromatic nitrogens is 2. The first kappa shape index (κ1) is 14.3. The van der Waals surface area contributed by atoms with Crippen LogP contribution in [0.25, 0.3) is 0 Å². The van der Waals surface area contributed by atoms with Gasteiger partial charge >= 0.3 is 0 Å². The zero-order valence-corrected chi connectivity index (χ0v) is 12.0. The minimum atomic E-state index is -0.906. The van der Waals surface area contributed by atoms with Crippen molar-refractivity contribution in [3.63, 3.8) is 0 Å². The van der Waals surface area contributed by atoms with Crippen molar-refractivity contribution in [2.75, 3.05) is 0 Å². The number of benzene rings is 1. The monoisotopic (exact) mass is 302 g/mol. The predicted octanol–water partition coefficient (Wildman–Crippen LogP) is 3.45. The van der Waals surface area contributed by atoms with Gasteiger partial charge in [-0.15, -0.1) is 0 Å². The van der Waals surface area contributed by atoms with Crippen LogP contribution in [0.1, 0.15) is 22.9 Å². The molecule has 6 heteroatoms. The Kier molecular flexibility index (Phi) is 4.13. The van der Waals surface area contributed by atoms with Gasteiger partial charge in [0.25, 0.3) is 0 Å². The molecule has 3 nitrogen and oxygen atoms in total. The summed E-state index contributed by atoms with van der Waals surface area (Å²) in [6, 6.07) is 4.37. The fourth-order valence-corrected chi connectivity index (χ4v) is 2.48. The van der Waals surface area contributed by atoms with Crippen molar-refractivity contribution in [3.05, 3.63) is 51.0 Å². The van der Waals surface area contributed by atoms with Crippen LogP contribution in [0.2, 0.25) is 10.2 Å². The maximum absolute atomic E-state index is 13.7. The zero-order valence-electron chi connectivity index (χ0n) is 10.5. The normalized spacial score (nSPS) is 12.7. The fraction of sp³-hybridized carbons (Fsp3) is 0.308. The van der Waals surface area contributed by atoms with E-state index in [9.17, 15) is 9.50 Å². The van der Waals surface area contributed by atoms with Crippen molar-refractivity contribution in [3.8, 4) is 0 Å². The predicted molar refractivity (Wildman–Crippen MR) is 73.0 cm³/mol. The highest BCUT2D eigenvalue weighted by molar-refractivity contribution is 6.30. The lowest BCUT2D eigenvalue weighted by atomic mass is 10.0. The number of hydrogen-bond acceptors (Lipinski definition) is 2. The molecule has 0 spiro atoms. The van der Waals surface area contributed by atoms with Crippen LogP contribution in [0.5, 0.6) is 0 Å². The third-order valence-electron chi connectivity index (χ3n) is 2.96. The van der Waals surface area contributed by atoms with Crippen LogP contribution in [-0.4, -0.2) is 14.9 Å². The van der Waals surface area contributed by atoms with E-state index >= 15 is 0 Å². The Bertz CT molecular complexity index is 613. The van der Waals surface area contributed by atoms with Crippen molar-refractivity contribution < 1.29 is 9.50 Å². The molecule has 0 aliphatic heterocycles. The molecule has 0 aliphatic rings. The Labute approximate surface area is 120 Å². The summed E-state index contributed by atoms with van der Waals surface area (Å²) < 4.78 is 15.2. The Morgan fingerprint density at radius 1 is 1.42 bits per heavy atom. The van der Waals surface area contributed by atoms with Gasteiger partial charge in [-0.3, -0.25) is 4.68 Å². The molecule has 0 bridgehead atoms. The van der Waals surface area contributed by atoms with E-state index in [-0.39, 0.29) is 6.42 Å². The highest BCUT2D eigenvalue weighted by atomic mass is 35.5. The topological polar surface area (TPSA) is 38.0 Å². The number of nitrogens with zero attached hydrogens (tertiary/aromatic N) is 2. The van der Waals surface area contributed by atoms with E-state index in [0.29, 0.717) is 27.0 Å². The minimum Gasteiger partial charge on any atom is -0.388 e. The first-order chi connectivity index (χ1) is 8.90. The van der Waals surface area contributed by atoms with Gasteiger partial charge in [0.15, 0.2) is 0 Å². The molecule has 0 saturated heterocycles. The summed E-state index contributed by atoms with van der Waals surface area (Å²) in [5.74, 6) is -0.441. The molecule has 0 fully saturated rings. The van der Waals surface area contributed by atoms with Gasteiger partial charge in [0.05, 0.1) is 11.8 Å². The van der Waals surface area contributed by atoms with Crippen LogP contribution in [-0.2, 0) is 13.5 Å². The molecule has 1 aromatic heterocycles. The maximum Gasteiger partial charge on any atom is 0.132 e. The standard InChI is InChI=1S/C13H13Cl2FN2O/c1-7-12(13(15)18(2)17-7)11(19)5-8-3-4-9(14)6-10(8)16/h3-4,6,11,19H,5H2,1-2H3. The van der Waals surface area contributed by atoms with Crippen molar-refractivity contribution >= 4 is 23.2 Å². The van der Waals surface area contributed by atoms with Crippen molar-refractivity contribution in [2.45, 2.75) is 19.4 Å². The molecule has 0 amide bonds. The van der Waals surface area contributed by atoms with E-state index in [1.54, 1.807) is 26.1 Å². The molecule has 0 aliphatic carbocycles. The summed E-state index contributed by atoms with van der Waals surface area (Å²) in [5.41, 5.74) is 1.55. The maximum atomic E-state index is 13.7. The lowest BCUT2D eigenvalue weighted by molar-refractivity contribution is 0.176. The van der Waals surface area contributed by atoms with Crippen molar-refractivity contribution in [1.29, 1.82) is 0 Å². The van der Waals surface area contributed by atoms with E-state index in [0.717, 1.165) is 0 Å². The summed E-state index contributed by atoms with van der Waals surface area (Å²) in [7, 11) is 1.69. The number of hydrogen-bond donors (Lipinski definition) is 1. The molecule has 1 aromatic carbocycles. The number of halogens is 3. The molecule has 19 heavy (non-hydrogen) atoms. The van der Waals surface area contributed by atoms with Crippen LogP contribution >= 0.6 is 23.2 Å². The van der Waals surface area contributed by atoms with Crippen LogP contribution in [0.3, 0.4) is 0 Å². The SMILES string of the molecule is Cc1nn(C)c(Cl)c1C(O)Cc1ccc(Cl)cc1F. The number of aliphatic hydroxyl groups excluding tert-OH is 1. The molecular weight excluding hydrogens is 290 g/mol. The Morgan fingerprint density at radius 2 is 2.11 bits per heavy atom. The average molecular weight is 303 g/mol. The van der Waals surface area contributed by atoms with E-state index in [1.807, 2.05) is 0 Å². The van der Waals surface area contributed by atoms with Crippen molar-refractivity contribution in [1.82, 2.24) is 9.78 Å². The summed E-state index contributed by atoms with van der Waals surface area (Å²) in [6.07, 6.45) is -0.785. The van der Waals surface area contributed by atoms with E-state index in [2.05, 4.69) is 5.10 Å². The Hall–Kier alpha value is -1.10.